The van der Waals surface area contributed by atoms with Crippen LogP contribution in [0.15, 0.2) is 11.0 Å². The molecule has 0 unspecified atom stereocenters. The Hall–Kier alpha value is -0.276. The Morgan fingerprint density at radius 1 is 1.00 bits per heavy atom. The smallest absolute Gasteiger partial charge is 0.196 e. The van der Waals surface area contributed by atoms with Crippen molar-refractivity contribution in [3.05, 3.63) is 21.7 Å². The summed E-state index contributed by atoms with van der Waals surface area (Å²) in [5.41, 5.74) is 2.12. The summed E-state index contributed by atoms with van der Waals surface area (Å²) in [7, 11) is -4.11. The lowest BCUT2D eigenvalue weighted by Gasteiger charge is -2.51. The van der Waals surface area contributed by atoms with Crippen molar-refractivity contribution in [2.75, 3.05) is 0 Å². The van der Waals surface area contributed by atoms with Gasteiger partial charge in [0.2, 0.25) is 0 Å². The van der Waals surface area contributed by atoms with Gasteiger partial charge in [0.1, 0.15) is 0 Å². The van der Waals surface area contributed by atoms with Gasteiger partial charge in [-0.15, -0.1) is 11.3 Å². The van der Waals surface area contributed by atoms with Crippen LogP contribution >= 0.6 is 11.3 Å². The molecule has 0 aliphatic heterocycles. The molecule has 0 aliphatic carbocycles. The molecule has 3 nitrogen and oxygen atoms in total. The summed E-state index contributed by atoms with van der Waals surface area (Å²) in [6.45, 7) is 29.3. The van der Waals surface area contributed by atoms with Crippen molar-refractivity contribution in [3.63, 3.8) is 0 Å². The summed E-state index contributed by atoms with van der Waals surface area (Å²) in [6.07, 6.45) is 2.95. The van der Waals surface area contributed by atoms with Crippen LogP contribution in [0.3, 0.4) is 0 Å². The summed E-state index contributed by atoms with van der Waals surface area (Å²) < 4.78 is 14.1. The highest BCUT2D eigenvalue weighted by atomic mass is 32.1. The largest absolute Gasteiger partial charge is 0.387 e. The molecule has 0 radical (unpaired) electrons. The van der Waals surface area contributed by atoms with Gasteiger partial charge in [-0.05, 0) is 61.8 Å². The van der Waals surface area contributed by atoms with Gasteiger partial charge >= 0.3 is 0 Å². The molecule has 0 atom stereocenters. The summed E-state index contributed by atoms with van der Waals surface area (Å²) in [5.74, 6) is -0.705. The van der Waals surface area contributed by atoms with E-state index < -0.39 is 22.4 Å². The molecular formula is C22H43NO2SSi2. The molecule has 1 aromatic rings. The normalized spacial score (nSPS) is 15.2. The molecule has 1 aromatic heterocycles. The first kappa shape index (κ1) is 25.8. The van der Waals surface area contributed by atoms with E-state index in [-0.39, 0.29) is 10.1 Å². The fraction of sp³-hybridized carbons (Fsp3) is 0.773. The van der Waals surface area contributed by atoms with Crippen LogP contribution in [0, 0.1) is 6.92 Å². The zero-order valence-corrected chi connectivity index (χ0v) is 23.4. The van der Waals surface area contributed by atoms with Crippen molar-refractivity contribution < 1.29 is 8.85 Å². The van der Waals surface area contributed by atoms with Crippen LogP contribution in [0.4, 0.5) is 0 Å². The Labute approximate surface area is 180 Å². The maximum atomic E-state index is 7.07. The van der Waals surface area contributed by atoms with E-state index in [2.05, 4.69) is 98.0 Å². The van der Waals surface area contributed by atoms with E-state index in [9.17, 15) is 0 Å². The van der Waals surface area contributed by atoms with Crippen LogP contribution in [0.25, 0.3) is 6.08 Å². The van der Waals surface area contributed by atoms with Crippen molar-refractivity contribution in [1.82, 2.24) is 4.98 Å². The lowest BCUT2D eigenvalue weighted by molar-refractivity contribution is -0.103. The standard InChI is InChI=1S/C22H43NO2SSi2/c1-14-22(24-27(10,11)20(4,5)6,25-28(12,13)21(7,8)9)17(2)15-19-16-26-18(3)23-19/h15-16H,14H2,1-13H3. The first-order valence-electron chi connectivity index (χ1n) is 10.4. The number of rotatable bonds is 7. The quantitative estimate of drug-likeness (QED) is 0.317. The molecule has 1 rings (SSSR count). The summed E-state index contributed by atoms with van der Waals surface area (Å²) in [6, 6.07) is 0. The first-order chi connectivity index (χ1) is 12.4. The van der Waals surface area contributed by atoms with Crippen LogP contribution < -0.4 is 0 Å². The zero-order chi connectivity index (χ0) is 22.2. The minimum absolute atomic E-state index is 0.113. The number of thiazole rings is 1. The summed E-state index contributed by atoms with van der Waals surface area (Å²) in [4.78, 5) is 4.64. The Balaban J connectivity index is 3.53. The topological polar surface area (TPSA) is 31.4 Å². The van der Waals surface area contributed by atoms with Crippen molar-refractivity contribution in [3.8, 4) is 0 Å². The van der Waals surface area contributed by atoms with E-state index >= 15 is 0 Å². The number of nitrogens with zero attached hydrogens (tertiary/aromatic N) is 1. The molecule has 0 fully saturated rings. The van der Waals surface area contributed by atoms with Crippen LogP contribution in [0.5, 0.6) is 0 Å². The summed E-state index contributed by atoms with van der Waals surface area (Å²) >= 11 is 1.68. The number of aryl methyl sites for hydroxylation is 1. The van der Waals surface area contributed by atoms with E-state index in [1.165, 1.54) is 0 Å². The van der Waals surface area contributed by atoms with Gasteiger partial charge in [-0.2, -0.15) is 0 Å². The van der Waals surface area contributed by atoms with Gasteiger partial charge in [-0.25, -0.2) is 4.98 Å². The third-order valence-electron chi connectivity index (χ3n) is 6.52. The maximum absolute atomic E-state index is 7.07. The van der Waals surface area contributed by atoms with E-state index in [1.807, 2.05) is 6.92 Å². The summed E-state index contributed by atoms with van der Waals surface area (Å²) in [5, 5.41) is 3.42. The highest BCUT2D eigenvalue weighted by Crippen LogP contribution is 2.47. The fourth-order valence-electron chi connectivity index (χ4n) is 2.51. The molecule has 28 heavy (non-hydrogen) atoms. The predicted octanol–water partition coefficient (Wildman–Crippen LogP) is 8.00. The highest BCUT2D eigenvalue weighted by Gasteiger charge is 2.50. The molecule has 6 heteroatoms. The third-order valence-corrected chi connectivity index (χ3v) is 16.2. The monoisotopic (exact) mass is 441 g/mol. The second kappa shape index (κ2) is 8.46. The van der Waals surface area contributed by atoms with Crippen LogP contribution in [-0.4, -0.2) is 27.4 Å². The Bertz CT molecular complexity index is 666. The third kappa shape index (κ3) is 5.88. The van der Waals surface area contributed by atoms with Crippen molar-refractivity contribution in [2.24, 2.45) is 0 Å². The number of hydrogen-bond donors (Lipinski definition) is 0. The molecule has 1 heterocycles. The van der Waals surface area contributed by atoms with Crippen molar-refractivity contribution >= 4 is 34.0 Å². The average Bonchev–Trinajstić information content (AvgIpc) is 2.88. The van der Waals surface area contributed by atoms with E-state index in [4.69, 9.17) is 8.85 Å². The molecule has 0 saturated heterocycles. The predicted molar refractivity (Wildman–Crippen MR) is 130 cm³/mol. The lowest BCUT2D eigenvalue weighted by Crippen LogP contribution is -2.57. The van der Waals surface area contributed by atoms with E-state index in [0.717, 1.165) is 22.7 Å². The Morgan fingerprint density at radius 3 is 1.71 bits per heavy atom. The lowest BCUT2D eigenvalue weighted by atomic mass is 10.0. The average molecular weight is 442 g/mol. The minimum atomic E-state index is -2.06. The van der Waals surface area contributed by atoms with Gasteiger partial charge in [0.25, 0.3) is 0 Å². The molecule has 0 aliphatic rings. The Morgan fingerprint density at radius 2 is 1.43 bits per heavy atom. The van der Waals surface area contributed by atoms with Gasteiger partial charge < -0.3 is 8.85 Å². The molecule has 0 amide bonds. The van der Waals surface area contributed by atoms with Gasteiger partial charge in [-0.3, -0.25) is 0 Å². The van der Waals surface area contributed by atoms with E-state index in [0.29, 0.717) is 0 Å². The second-order valence-corrected chi connectivity index (χ2v) is 21.5. The first-order valence-corrected chi connectivity index (χ1v) is 17.1. The van der Waals surface area contributed by atoms with Crippen LogP contribution in [0.1, 0.15) is 72.5 Å². The van der Waals surface area contributed by atoms with E-state index in [1.54, 1.807) is 11.3 Å². The molecule has 0 N–H and O–H groups in total. The van der Waals surface area contributed by atoms with Crippen molar-refractivity contribution in [1.29, 1.82) is 0 Å². The molecule has 0 spiro atoms. The van der Waals surface area contributed by atoms with Crippen LogP contribution in [0.2, 0.25) is 36.3 Å². The molecule has 0 saturated carbocycles. The fourth-order valence-corrected chi connectivity index (χ4v) is 6.12. The maximum Gasteiger partial charge on any atom is 0.196 e. The van der Waals surface area contributed by atoms with Crippen LogP contribution in [-0.2, 0) is 8.85 Å². The van der Waals surface area contributed by atoms with Gasteiger partial charge in [0.15, 0.2) is 22.4 Å². The molecule has 0 aromatic carbocycles. The second-order valence-electron chi connectivity index (χ2n) is 10.9. The highest BCUT2D eigenvalue weighted by molar-refractivity contribution is 7.09. The minimum Gasteiger partial charge on any atom is -0.387 e. The number of aromatic nitrogens is 1. The molecule has 162 valence electrons. The number of hydrogen-bond acceptors (Lipinski definition) is 4. The van der Waals surface area contributed by atoms with Gasteiger partial charge in [0, 0.05) is 11.8 Å². The van der Waals surface area contributed by atoms with Gasteiger partial charge in [0.05, 0.1) is 10.7 Å². The Kier molecular flexibility index (Phi) is 7.78. The zero-order valence-electron chi connectivity index (χ0n) is 20.5. The SMILES string of the molecule is CCC(O[Si](C)(C)C(C)(C)C)(O[Si](C)(C)C(C)(C)C)C(C)=Cc1csc(C)n1. The van der Waals surface area contributed by atoms with Crippen molar-refractivity contribution in [2.45, 2.75) is 111 Å². The van der Waals surface area contributed by atoms with Gasteiger partial charge in [-0.1, -0.05) is 48.5 Å². The molecule has 0 bridgehead atoms. The molecular weight excluding hydrogens is 398 g/mol.